The lowest BCUT2D eigenvalue weighted by molar-refractivity contribution is -0.275. The number of esters is 1. The fourth-order valence-electron chi connectivity index (χ4n) is 1.19. The van der Waals surface area contributed by atoms with Crippen LogP contribution in [0.25, 0.3) is 0 Å². The number of halogens is 5. The van der Waals surface area contributed by atoms with E-state index < -0.39 is 24.8 Å². The minimum Gasteiger partial charge on any atom is -0.462 e. The van der Waals surface area contributed by atoms with Crippen molar-refractivity contribution < 1.29 is 31.8 Å². The van der Waals surface area contributed by atoms with Gasteiger partial charge in [0, 0.05) is 0 Å². The zero-order chi connectivity index (χ0) is 14.6. The molecule has 106 valence electrons. The van der Waals surface area contributed by atoms with Gasteiger partial charge in [0.15, 0.2) is 5.75 Å². The van der Waals surface area contributed by atoms with Gasteiger partial charge in [0.1, 0.15) is 10.4 Å². The van der Waals surface area contributed by atoms with Crippen LogP contribution in [0.1, 0.15) is 23.0 Å². The first-order valence-corrected chi connectivity index (χ1v) is 6.04. The van der Waals surface area contributed by atoms with Gasteiger partial charge in [-0.15, -0.1) is 13.2 Å². The Hall–Kier alpha value is -1.13. The monoisotopic (exact) mass is 393 g/mol. The third kappa shape index (κ3) is 4.48. The normalized spacial score (nSPS) is 11.3. The molecule has 4 nitrogen and oxygen atoms in total. The minimum atomic E-state index is -4.93. The van der Waals surface area contributed by atoms with Crippen LogP contribution < -0.4 is 4.74 Å². The molecule has 9 heteroatoms. The van der Waals surface area contributed by atoms with Gasteiger partial charge < -0.3 is 9.47 Å². The molecular formula is C10H8F4INO3. The fraction of sp³-hybridized carbons (Fsp3) is 0.400. The second kappa shape index (κ2) is 6.35. The van der Waals surface area contributed by atoms with Crippen molar-refractivity contribution in [3.8, 4) is 5.75 Å². The smallest absolute Gasteiger partial charge is 0.462 e. The summed E-state index contributed by atoms with van der Waals surface area (Å²) in [6, 6.07) is 0.773. The molecule has 0 fully saturated rings. The number of pyridine rings is 1. The maximum absolute atomic E-state index is 12.7. The van der Waals surface area contributed by atoms with Crippen LogP contribution in [0, 0.1) is 3.70 Å². The molecule has 0 aliphatic carbocycles. The molecule has 0 N–H and O–H groups in total. The molecule has 0 aromatic carbocycles. The molecule has 0 saturated heterocycles. The van der Waals surface area contributed by atoms with Gasteiger partial charge in [-0.1, -0.05) is 0 Å². The van der Waals surface area contributed by atoms with Crippen molar-refractivity contribution in [2.75, 3.05) is 6.61 Å². The second-order valence-corrected chi connectivity index (χ2v) is 4.20. The topological polar surface area (TPSA) is 48.4 Å². The number of carbonyl (C=O) groups is 1. The summed E-state index contributed by atoms with van der Waals surface area (Å²) in [5.41, 5.74) is -0.679. The van der Waals surface area contributed by atoms with E-state index in [4.69, 9.17) is 0 Å². The van der Waals surface area contributed by atoms with Crippen molar-refractivity contribution in [1.29, 1.82) is 0 Å². The van der Waals surface area contributed by atoms with Crippen LogP contribution in [0.2, 0.25) is 0 Å². The Morgan fingerprint density at radius 2 is 2.11 bits per heavy atom. The molecule has 1 rings (SSSR count). The molecule has 1 aromatic rings. The number of aromatic nitrogens is 1. The number of alkyl halides is 4. The van der Waals surface area contributed by atoms with Crippen molar-refractivity contribution >= 4 is 28.6 Å². The zero-order valence-corrected chi connectivity index (χ0v) is 11.7. The molecule has 0 amide bonds. The molecule has 1 aromatic heterocycles. The van der Waals surface area contributed by atoms with Crippen LogP contribution >= 0.6 is 22.6 Å². The molecule has 0 atom stereocenters. The van der Waals surface area contributed by atoms with E-state index in [-0.39, 0.29) is 21.6 Å². The summed E-state index contributed by atoms with van der Waals surface area (Å²) in [6.07, 6.45) is -4.93. The van der Waals surface area contributed by atoms with Crippen LogP contribution in [0.5, 0.6) is 5.75 Å². The molecule has 19 heavy (non-hydrogen) atoms. The van der Waals surface area contributed by atoms with E-state index in [1.165, 1.54) is 29.5 Å². The predicted octanol–water partition coefficient (Wildman–Crippen LogP) is 3.23. The molecule has 0 saturated carbocycles. The lowest BCUT2D eigenvalue weighted by atomic mass is 10.2. The van der Waals surface area contributed by atoms with Crippen molar-refractivity contribution in [3.05, 3.63) is 21.0 Å². The van der Waals surface area contributed by atoms with Gasteiger partial charge in [0.05, 0.1) is 17.9 Å². The van der Waals surface area contributed by atoms with Crippen molar-refractivity contribution in [3.63, 3.8) is 0 Å². The van der Waals surface area contributed by atoms with Crippen molar-refractivity contribution in [2.24, 2.45) is 0 Å². The first-order valence-electron chi connectivity index (χ1n) is 4.96. The van der Waals surface area contributed by atoms with Gasteiger partial charge in [-0.2, -0.15) is 0 Å². The van der Waals surface area contributed by atoms with Gasteiger partial charge in [-0.25, -0.2) is 14.2 Å². The average Bonchev–Trinajstić information content (AvgIpc) is 2.29. The Morgan fingerprint density at radius 3 is 2.58 bits per heavy atom. The molecule has 0 bridgehead atoms. The third-order valence-electron chi connectivity index (χ3n) is 1.87. The second-order valence-electron chi connectivity index (χ2n) is 3.17. The van der Waals surface area contributed by atoms with E-state index >= 15 is 0 Å². The standard InChI is InChI=1S/C10H8F4INO3/c1-2-18-9(17)5-3-7(19-10(12,13)14)8(15)16-6(5)4-11/h3H,2,4H2,1H3. The first-order chi connectivity index (χ1) is 8.78. The summed E-state index contributed by atoms with van der Waals surface area (Å²) in [4.78, 5) is 15.1. The molecule has 0 unspecified atom stereocenters. The highest BCUT2D eigenvalue weighted by atomic mass is 127. The van der Waals surface area contributed by atoms with Crippen molar-refractivity contribution in [1.82, 2.24) is 4.98 Å². The summed E-state index contributed by atoms with van der Waals surface area (Å²) in [5.74, 6) is -1.63. The van der Waals surface area contributed by atoms with Crippen LogP contribution in [0.4, 0.5) is 17.6 Å². The Bertz CT molecular complexity index is 479. The van der Waals surface area contributed by atoms with E-state index in [0.717, 1.165) is 6.07 Å². The van der Waals surface area contributed by atoms with Crippen LogP contribution in [-0.4, -0.2) is 23.9 Å². The van der Waals surface area contributed by atoms with Crippen LogP contribution in [0.3, 0.4) is 0 Å². The van der Waals surface area contributed by atoms with Crippen LogP contribution in [-0.2, 0) is 11.4 Å². The van der Waals surface area contributed by atoms with Crippen molar-refractivity contribution in [2.45, 2.75) is 20.0 Å². The van der Waals surface area contributed by atoms with Gasteiger partial charge in [0.2, 0.25) is 0 Å². The number of ether oxygens (including phenoxy) is 2. The van der Waals surface area contributed by atoms with Gasteiger partial charge in [-0.05, 0) is 35.6 Å². The molecule has 0 spiro atoms. The highest BCUT2D eigenvalue weighted by Crippen LogP contribution is 2.29. The zero-order valence-electron chi connectivity index (χ0n) is 9.55. The Kier molecular flexibility index (Phi) is 5.32. The lowest BCUT2D eigenvalue weighted by Gasteiger charge is -2.13. The average molecular weight is 393 g/mol. The maximum atomic E-state index is 12.7. The highest BCUT2D eigenvalue weighted by Gasteiger charge is 2.33. The Balaban J connectivity index is 3.21. The summed E-state index contributed by atoms with van der Waals surface area (Å²) >= 11 is 1.46. The molecule has 0 aliphatic rings. The van der Waals surface area contributed by atoms with E-state index in [0.29, 0.717) is 0 Å². The molecular weight excluding hydrogens is 385 g/mol. The first kappa shape index (κ1) is 15.9. The molecule has 0 radical (unpaired) electrons. The maximum Gasteiger partial charge on any atom is 0.573 e. The van der Waals surface area contributed by atoms with E-state index in [9.17, 15) is 22.4 Å². The number of nitrogens with zero attached hydrogens (tertiary/aromatic N) is 1. The molecule has 1 heterocycles. The Morgan fingerprint density at radius 1 is 1.47 bits per heavy atom. The summed E-state index contributed by atoms with van der Waals surface area (Å²) in [7, 11) is 0. The van der Waals surface area contributed by atoms with Gasteiger partial charge >= 0.3 is 12.3 Å². The largest absolute Gasteiger partial charge is 0.573 e. The Labute approximate surface area is 119 Å². The lowest BCUT2D eigenvalue weighted by Crippen LogP contribution is -2.19. The van der Waals surface area contributed by atoms with E-state index in [2.05, 4.69) is 14.5 Å². The third-order valence-corrected chi connectivity index (χ3v) is 2.64. The van der Waals surface area contributed by atoms with Crippen LogP contribution in [0.15, 0.2) is 6.07 Å². The van der Waals surface area contributed by atoms with E-state index in [1.54, 1.807) is 0 Å². The highest BCUT2D eigenvalue weighted by molar-refractivity contribution is 14.1. The predicted molar refractivity (Wildman–Crippen MR) is 64.4 cm³/mol. The molecule has 0 aliphatic heterocycles. The quantitative estimate of drug-likeness (QED) is 0.341. The summed E-state index contributed by atoms with van der Waals surface area (Å²) in [5, 5.41) is 0. The fourth-order valence-corrected chi connectivity index (χ4v) is 1.75. The SMILES string of the molecule is CCOC(=O)c1cc(OC(F)(F)F)c(I)nc1CF. The number of rotatable bonds is 4. The number of carbonyl (C=O) groups excluding carboxylic acids is 1. The summed E-state index contributed by atoms with van der Waals surface area (Å²) in [6.45, 7) is 0.419. The van der Waals surface area contributed by atoms with Gasteiger partial charge in [0.25, 0.3) is 0 Å². The number of hydrogen-bond acceptors (Lipinski definition) is 4. The van der Waals surface area contributed by atoms with Gasteiger partial charge in [-0.3, -0.25) is 0 Å². The van der Waals surface area contributed by atoms with E-state index in [1.807, 2.05) is 0 Å². The summed E-state index contributed by atoms with van der Waals surface area (Å²) < 4.78 is 57.2. The minimum absolute atomic E-state index is 0.00596. The number of hydrogen-bond donors (Lipinski definition) is 0.